The molecule has 6 heteroatoms. The van der Waals surface area contributed by atoms with E-state index in [4.69, 9.17) is 4.98 Å². The monoisotopic (exact) mass is 382 g/mol. The highest BCUT2D eigenvalue weighted by Crippen LogP contribution is 2.30. The fourth-order valence-corrected chi connectivity index (χ4v) is 3.74. The molecule has 142 valence electrons. The van der Waals surface area contributed by atoms with Crippen LogP contribution in [0.5, 0.6) is 0 Å². The van der Waals surface area contributed by atoms with E-state index in [1.807, 2.05) is 24.3 Å². The number of aromatic carboxylic acids is 1. The van der Waals surface area contributed by atoms with E-state index in [1.54, 1.807) is 24.5 Å². The summed E-state index contributed by atoms with van der Waals surface area (Å²) in [5, 5.41) is 13.6. The van der Waals surface area contributed by atoms with Crippen LogP contribution in [-0.4, -0.2) is 25.4 Å². The van der Waals surface area contributed by atoms with Gasteiger partial charge in [-0.15, -0.1) is 0 Å². The number of aryl methyl sites for hydroxylation is 1. The highest BCUT2D eigenvalue weighted by atomic mass is 16.4. The van der Waals surface area contributed by atoms with Crippen molar-refractivity contribution in [1.29, 1.82) is 0 Å². The summed E-state index contributed by atoms with van der Waals surface area (Å²) in [6.45, 7) is 2.71. The Hall–Kier alpha value is -3.93. The second-order valence-electron chi connectivity index (χ2n) is 7.11. The molecule has 3 heterocycles. The number of carbonyl (C=O) groups is 1. The zero-order chi connectivity index (χ0) is 20.0. The minimum absolute atomic E-state index is 0.262. The van der Waals surface area contributed by atoms with Crippen LogP contribution < -0.4 is 5.32 Å². The summed E-state index contributed by atoms with van der Waals surface area (Å²) in [7, 11) is 0. The average molecular weight is 382 g/mol. The van der Waals surface area contributed by atoms with Crippen molar-refractivity contribution in [2.45, 2.75) is 13.5 Å². The van der Waals surface area contributed by atoms with E-state index in [1.165, 1.54) is 11.1 Å². The molecule has 0 unspecified atom stereocenters. The van der Waals surface area contributed by atoms with Crippen molar-refractivity contribution in [3.63, 3.8) is 0 Å². The molecule has 0 saturated heterocycles. The first-order valence-electron chi connectivity index (χ1n) is 9.32. The average Bonchev–Trinajstić information content (AvgIpc) is 3.11. The quantitative estimate of drug-likeness (QED) is 0.473. The maximum atomic E-state index is 11.4. The number of benzene rings is 2. The second-order valence-corrected chi connectivity index (χ2v) is 7.11. The molecule has 0 amide bonds. The molecule has 6 nitrogen and oxygen atoms in total. The number of aromatic nitrogens is 3. The van der Waals surface area contributed by atoms with Gasteiger partial charge in [0.25, 0.3) is 0 Å². The van der Waals surface area contributed by atoms with Crippen molar-refractivity contribution in [3.05, 3.63) is 83.7 Å². The molecular formula is C23H18N4O2. The Bertz CT molecular complexity index is 1400. The summed E-state index contributed by atoms with van der Waals surface area (Å²) in [5.74, 6) is -0.192. The van der Waals surface area contributed by atoms with Crippen LogP contribution in [0.25, 0.3) is 27.5 Å². The van der Waals surface area contributed by atoms with Gasteiger partial charge in [-0.2, -0.15) is 0 Å². The third kappa shape index (κ3) is 2.95. The van der Waals surface area contributed by atoms with Gasteiger partial charge in [-0.25, -0.2) is 9.78 Å². The molecule has 0 bridgehead atoms. The van der Waals surface area contributed by atoms with Gasteiger partial charge in [0.2, 0.25) is 0 Å². The number of hydrogen-bond donors (Lipinski definition) is 2. The van der Waals surface area contributed by atoms with E-state index >= 15 is 0 Å². The van der Waals surface area contributed by atoms with E-state index in [0.29, 0.717) is 6.54 Å². The molecule has 0 aliphatic heterocycles. The summed E-state index contributed by atoms with van der Waals surface area (Å²) in [4.78, 5) is 20.4. The zero-order valence-electron chi connectivity index (χ0n) is 15.8. The van der Waals surface area contributed by atoms with Crippen molar-refractivity contribution < 1.29 is 9.90 Å². The van der Waals surface area contributed by atoms with Crippen molar-refractivity contribution in [3.8, 4) is 0 Å². The molecule has 3 aromatic heterocycles. The summed E-state index contributed by atoms with van der Waals surface area (Å²) in [6.07, 6.45) is 3.50. The van der Waals surface area contributed by atoms with Crippen LogP contribution in [-0.2, 0) is 6.54 Å². The number of pyridine rings is 1. The van der Waals surface area contributed by atoms with E-state index in [2.05, 4.69) is 39.8 Å². The zero-order valence-corrected chi connectivity index (χ0v) is 15.8. The molecule has 0 aliphatic rings. The molecule has 0 fully saturated rings. The molecule has 0 radical (unpaired) electrons. The Balaban J connectivity index is 1.71. The molecule has 5 rings (SSSR count). The number of anilines is 1. The highest BCUT2D eigenvalue weighted by Gasteiger charge is 2.14. The van der Waals surface area contributed by atoms with E-state index in [0.717, 1.165) is 33.3 Å². The molecule has 0 saturated carbocycles. The number of rotatable bonds is 4. The topological polar surface area (TPSA) is 79.5 Å². The number of fused-ring (bicyclic) bond motifs is 5. The lowest BCUT2D eigenvalue weighted by Crippen LogP contribution is -2.04. The fourth-order valence-electron chi connectivity index (χ4n) is 3.74. The van der Waals surface area contributed by atoms with Gasteiger partial charge < -0.3 is 14.8 Å². The van der Waals surface area contributed by atoms with Crippen LogP contribution >= 0.6 is 0 Å². The molecule has 0 atom stereocenters. The van der Waals surface area contributed by atoms with Crippen LogP contribution in [0, 0.1) is 6.92 Å². The smallest absolute Gasteiger partial charge is 0.335 e. The van der Waals surface area contributed by atoms with Gasteiger partial charge in [0.05, 0.1) is 33.8 Å². The first kappa shape index (κ1) is 17.2. The lowest BCUT2D eigenvalue weighted by Gasteiger charge is -2.11. The fraction of sp³-hybridized carbons (Fsp3) is 0.0870. The largest absolute Gasteiger partial charge is 0.478 e. The minimum Gasteiger partial charge on any atom is -0.478 e. The van der Waals surface area contributed by atoms with Crippen LogP contribution in [0.2, 0.25) is 0 Å². The normalized spacial score (nSPS) is 11.3. The maximum absolute atomic E-state index is 11.4. The lowest BCUT2D eigenvalue weighted by molar-refractivity contribution is 0.0697. The van der Waals surface area contributed by atoms with Crippen molar-refractivity contribution in [2.75, 3.05) is 5.32 Å². The molecule has 0 aliphatic carbocycles. The first-order valence-corrected chi connectivity index (χ1v) is 9.32. The number of carboxylic acid groups (broad SMARTS) is 1. The second kappa shape index (κ2) is 6.60. The number of carboxylic acids is 1. The van der Waals surface area contributed by atoms with E-state index in [9.17, 15) is 9.90 Å². The van der Waals surface area contributed by atoms with Crippen molar-refractivity contribution in [1.82, 2.24) is 14.4 Å². The van der Waals surface area contributed by atoms with E-state index in [-0.39, 0.29) is 5.56 Å². The van der Waals surface area contributed by atoms with Crippen molar-refractivity contribution >= 4 is 39.2 Å². The molecule has 2 N–H and O–H groups in total. The summed E-state index contributed by atoms with van der Waals surface area (Å²) in [6, 6.07) is 17.3. The molecule has 29 heavy (non-hydrogen) atoms. The minimum atomic E-state index is -0.940. The number of nitrogens with one attached hydrogen (secondary N) is 1. The summed E-state index contributed by atoms with van der Waals surface area (Å²) in [5.41, 5.74) is 6.14. The van der Waals surface area contributed by atoms with Crippen LogP contribution in [0.4, 0.5) is 5.82 Å². The highest BCUT2D eigenvalue weighted by molar-refractivity contribution is 6.00. The standard InChI is InChI=1S/C23H18N4O2/c1-14-3-2-4-15(9-14)12-25-22-20-11-17-10-16(23(28)29)5-6-19(17)27(20)21-13-24-8-7-18(21)26-22/h2-11,13H,12H2,1H3,(H,25,26)(H,28,29). The first-order chi connectivity index (χ1) is 14.1. The van der Waals surface area contributed by atoms with Gasteiger partial charge in [-0.3, -0.25) is 4.98 Å². The lowest BCUT2D eigenvalue weighted by atomic mass is 10.1. The molecular weight excluding hydrogens is 364 g/mol. The van der Waals surface area contributed by atoms with Crippen LogP contribution in [0.15, 0.2) is 67.0 Å². The molecule has 0 spiro atoms. The Morgan fingerprint density at radius 3 is 2.79 bits per heavy atom. The van der Waals surface area contributed by atoms with Gasteiger partial charge in [0, 0.05) is 18.1 Å². The Morgan fingerprint density at radius 2 is 1.97 bits per heavy atom. The Kier molecular flexibility index (Phi) is 3.91. The summed E-state index contributed by atoms with van der Waals surface area (Å²) >= 11 is 0. The summed E-state index contributed by atoms with van der Waals surface area (Å²) < 4.78 is 2.08. The number of hydrogen-bond acceptors (Lipinski definition) is 4. The predicted molar refractivity (Wildman–Crippen MR) is 113 cm³/mol. The van der Waals surface area contributed by atoms with Gasteiger partial charge >= 0.3 is 5.97 Å². The van der Waals surface area contributed by atoms with Gasteiger partial charge in [0.15, 0.2) is 5.82 Å². The molecule has 2 aromatic carbocycles. The number of nitrogens with zero attached hydrogens (tertiary/aromatic N) is 3. The van der Waals surface area contributed by atoms with Gasteiger partial charge in [0.1, 0.15) is 0 Å². The van der Waals surface area contributed by atoms with Gasteiger partial charge in [-0.05, 0) is 42.8 Å². The van der Waals surface area contributed by atoms with Crippen LogP contribution in [0.1, 0.15) is 21.5 Å². The Labute approximate surface area is 166 Å². The third-order valence-electron chi connectivity index (χ3n) is 5.08. The van der Waals surface area contributed by atoms with E-state index < -0.39 is 5.97 Å². The van der Waals surface area contributed by atoms with Crippen LogP contribution in [0.3, 0.4) is 0 Å². The Morgan fingerprint density at radius 1 is 1.07 bits per heavy atom. The third-order valence-corrected chi connectivity index (χ3v) is 5.08. The molecule has 5 aromatic rings. The van der Waals surface area contributed by atoms with Crippen molar-refractivity contribution in [2.24, 2.45) is 0 Å². The predicted octanol–water partition coefficient (Wildman–Crippen LogP) is 4.65. The SMILES string of the molecule is Cc1cccc(CNc2nc3ccncc3n3c2cc2cc(C(=O)O)ccc23)c1. The maximum Gasteiger partial charge on any atom is 0.335 e. The van der Waals surface area contributed by atoms with Gasteiger partial charge in [-0.1, -0.05) is 29.8 Å².